The van der Waals surface area contributed by atoms with Crippen molar-refractivity contribution in [2.75, 3.05) is 18.5 Å². The number of nitrogens with zero attached hydrogens (tertiary/aromatic N) is 1. The van der Waals surface area contributed by atoms with Gasteiger partial charge in [-0.25, -0.2) is 0 Å². The Morgan fingerprint density at radius 1 is 1.59 bits per heavy atom. The average Bonchev–Trinajstić information content (AvgIpc) is 2.78. The predicted octanol–water partition coefficient (Wildman–Crippen LogP) is 1.19. The van der Waals surface area contributed by atoms with Crippen LogP contribution in [0.2, 0.25) is 0 Å². The molecular weight excluding hydrogens is 222 g/mol. The van der Waals surface area contributed by atoms with E-state index in [4.69, 9.17) is 9.47 Å². The smallest absolute Gasteiger partial charge is 0.295 e. The number of anilines is 1. The van der Waals surface area contributed by atoms with Gasteiger partial charge in [0.25, 0.3) is 5.91 Å². The van der Waals surface area contributed by atoms with Crippen molar-refractivity contribution >= 4 is 11.7 Å². The van der Waals surface area contributed by atoms with Crippen molar-refractivity contribution in [3.05, 3.63) is 23.8 Å². The molecule has 0 aromatic carbocycles. The van der Waals surface area contributed by atoms with E-state index in [0.717, 1.165) is 18.5 Å². The highest BCUT2D eigenvalue weighted by Crippen LogP contribution is 2.11. The maximum Gasteiger partial charge on any atom is 0.295 e. The Bertz CT molecular complexity index is 425. The van der Waals surface area contributed by atoms with Gasteiger partial charge in [0.1, 0.15) is 19.5 Å². The SMILES string of the molecule is CCCc1cc(NC(=O)C2=COCCO2)n[nH]1. The lowest BCUT2D eigenvalue weighted by molar-refractivity contribution is -0.117. The number of hydrogen-bond acceptors (Lipinski definition) is 4. The number of carbonyl (C=O) groups is 1. The first-order chi connectivity index (χ1) is 8.29. The van der Waals surface area contributed by atoms with Crippen LogP contribution in [-0.2, 0) is 20.7 Å². The average molecular weight is 237 g/mol. The number of hydrogen-bond donors (Lipinski definition) is 2. The van der Waals surface area contributed by atoms with Crippen LogP contribution in [0.1, 0.15) is 19.0 Å². The lowest BCUT2D eigenvalue weighted by Crippen LogP contribution is -2.21. The number of carbonyl (C=O) groups excluding carboxylic acids is 1. The van der Waals surface area contributed by atoms with E-state index >= 15 is 0 Å². The normalized spacial score (nSPS) is 14.5. The maximum absolute atomic E-state index is 11.7. The molecule has 0 bridgehead atoms. The van der Waals surface area contributed by atoms with Crippen LogP contribution < -0.4 is 5.32 Å². The molecule has 6 heteroatoms. The highest BCUT2D eigenvalue weighted by molar-refractivity contribution is 6.01. The first-order valence-corrected chi connectivity index (χ1v) is 5.60. The lowest BCUT2D eigenvalue weighted by Gasteiger charge is -2.14. The Labute approximate surface area is 99.0 Å². The molecule has 17 heavy (non-hydrogen) atoms. The van der Waals surface area contributed by atoms with Crippen LogP contribution in [-0.4, -0.2) is 29.3 Å². The monoisotopic (exact) mass is 237 g/mol. The largest absolute Gasteiger partial charge is 0.494 e. The third-order valence-electron chi connectivity index (χ3n) is 2.26. The van der Waals surface area contributed by atoms with Crippen LogP contribution in [0.4, 0.5) is 5.82 Å². The van der Waals surface area contributed by atoms with Crippen LogP contribution in [0, 0.1) is 0 Å². The van der Waals surface area contributed by atoms with E-state index in [1.54, 1.807) is 0 Å². The van der Waals surface area contributed by atoms with E-state index in [2.05, 4.69) is 22.4 Å². The second-order valence-corrected chi connectivity index (χ2v) is 3.68. The van der Waals surface area contributed by atoms with E-state index in [9.17, 15) is 4.79 Å². The predicted molar refractivity (Wildman–Crippen MR) is 61.2 cm³/mol. The zero-order valence-corrected chi connectivity index (χ0v) is 9.66. The minimum atomic E-state index is -0.348. The fourth-order valence-electron chi connectivity index (χ4n) is 1.49. The van der Waals surface area contributed by atoms with Gasteiger partial charge in [0.05, 0.1) is 0 Å². The molecule has 1 aliphatic rings. The summed E-state index contributed by atoms with van der Waals surface area (Å²) in [6, 6.07) is 1.81. The summed E-state index contributed by atoms with van der Waals surface area (Å²) in [5.74, 6) is 0.323. The Balaban J connectivity index is 1.95. The standard InChI is InChI=1S/C11H15N3O3/c1-2-3-8-6-10(14-13-8)12-11(15)9-7-16-4-5-17-9/h6-7H,2-5H2,1H3,(H2,12,13,14,15). The second-order valence-electron chi connectivity index (χ2n) is 3.68. The molecule has 0 saturated carbocycles. The van der Waals surface area contributed by atoms with E-state index in [-0.39, 0.29) is 11.7 Å². The third-order valence-corrected chi connectivity index (χ3v) is 2.26. The summed E-state index contributed by atoms with van der Waals surface area (Å²) in [7, 11) is 0. The van der Waals surface area contributed by atoms with Gasteiger partial charge in [-0.2, -0.15) is 5.10 Å². The Morgan fingerprint density at radius 3 is 3.18 bits per heavy atom. The number of rotatable bonds is 4. The number of ether oxygens (including phenoxy) is 2. The molecule has 0 saturated heterocycles. The highest BCUT2D eigenvalue weighted by atomic mass is 16.6. The molecule has 0 unspecified atom stereocenters. The van der Waals surface area contributed by atoms with Gasteiger partial charge < -0.3 is 14.8 Å². The number of nitrogens with one attached hydrogen (secondary N) is 2. The summed E-state index contributed by atoms with van der Waals surface area (Å²) in [4.78, 5) is 11.7. The van der Waals surface area contributed by atoms with Gasteiger partial charge in [-0.3, -0.25) is 9.89 Å². The second kappa shape index (κ2) is 5.38. The van der Waals surface area contributed by atoms with Gasteiger partial charge >= 0.3 is 0 Å². The minimum absolute atomic E-state index is 0.177. The zero-order valence-electron chi connectivity index (χ0n) is 9.66. The first kappa shape index (κ1) is 11.5. The van der Waals surface area contributed by atoms with Crippen LogP contribution >= 0.6 is 0 Å². The van der Waals surface area contributed by atoms with Gasteiger partial charge in [0.15, 0.2) is 5.82 Å². The van der Waals surface area contributed by atoms with Crippen LogP contribution in [0.25, 0.3) is 0 Å². The van der Waals surface area contributed by atoms with Crippen LogP contribution in [0.3, 0.4) is 0 Å². The third kappa shape index (κ3) is 2.99. The topological polar surface area (TPSA) is 76.2 Å². The van der Waals surface area contributed by atoms with E-state index in [0.29, 0.717) is 19.0 Å². The molecule has 0 fully saturated rings. The van der Waals surface area contributed by atoms with E-state index in [1.807, 2.05) is 6.07 Å². The summed E-state index contributed by atoms with van der Waals surface area (Å²) >= 11 is 0. The highest BCUT2D eigenvalue weighted by Gasteiger charge is 2.16. The fraction of sp³-hybridized carbons (Fsp3) is 0.455. The first-order valence-electron chi connectivity index (χ1n) is 5.60. The molecule has 1 aromatic rings. The molecule has 2 N–H and O–H groups in total. The van der Waals surface area contributed by atoms with Gasteiger partial charge in [-0.15, -0.1) is 0 Å². The summed E-state index contributed by atoms with van der Waals surface area (Å²) in [6.45, 7) is 2.94. The Morgan fingerprint density at radius 2 is 2.47 bits per heavy atom. The van der Waals surface area contributed by atoms with Crippen molar-refractivity contribution in [1.82, 2.24) is 10.2 Å². The van der Waals surface area contributed by atoms with E-state index < -0.39 is 0 Å². The van der Waals surface area contributed by atoms with Gasteiger partial charge in [0.2, 0.25) is 5.76 Å². The molecule has 0 aliphatic carbocycles. The quantitative estimate of drug-likeness (QED) is 0.824. The number of aryl methyl sites for hydroxylation is 1. The molecule has 2 rings (SSSR count). The molecule has 1 aromatic heterocycles. The van der Waals surface area contributed by atoms with Crippen LogP contribution in [0.15, 0.2) is 18.1 Å². The molecule has 1 aliphatic heterocycles. The van der Waals surface area contributed by atoms with Gasteiger partial charge in [-0.05, 0) is 6.42 Å². The fourth-order valence-corrected chi connectivity index (χ4v) is 1.49. The summed E-state index contributed by atoms with van der Waals surface area (Å²) in [6.07, 6.45) is 3.25. The summed E-state index contributed by atoms with van der Waals surface area (Å²) < 4.78 is 10.2. The summed E-state index contributed by atoms with van der Waals surface area (Å²) in [5, 5.41) is 9.48. The summed E-state index contributed by atoms with van der Waals surface area (Å²) in [5.41, 5.74) is 0.998. The molecule has 0 atom stereocenters. The minimum Gasteiger partial charge on any atom is -0.494 e. The Kier molecular flexibility index (Phi) is 3.64. The molecule has 92 valence electrons. The van der Waals surface area contributed by atoms with Gasteiger partial charge in [0, 0.05) is 11.8 Å². The molecular formula is C11H15N3O3. The molecule has 1 amide bonds. The van der Waals surface area contributed by atoms with E-state index in [1.165, 1.54) is 6.26 Å². The van der Waals surface area contributed by atoms with Crippen molar-refractivity contribution in [3.63, 3.8) is 0 Å². The number of H-pyrrole nitrogens is 1. The van der Waals surface area contributed by atoms with Crippen molar-refractivity contribution < 1.29 is 14.3 Å². The molecule has 0 radical (unpaired) electrons. The molecule has 2 heterocycles. The van der Waals surface area contributed by atoms with Crippen molar-refractivity contribution in [1.29, 1.82) is 0 Å². The number of amides is 1. The zero-order chi connectivity index (χ0) is 12.1. The van der Waals surface area contributed by atoms with Gasteiger partial charge in [-0.1, -0.05) is 13.3 Å². The molecule has 0 spiro atoms. The number of aromatic amines is 1. The molecule has 6 nitrogen and oxygen atoms in total. The maximum atomic E-state index is 11.7. The van der Waals surface area contributed by atoms with Crippen molar-refractivity contribution in [2.24, 2.45) is 0 Å². The lowest BCUT2D eigenvalue weighted by atomic mass is 10.2. The van der Waals surface area contributed by atoms with Crippen molar-refractivity contribution in [2.45, 2.75) is 19.8 Å². The van der Waals surface area contributed by atoms with Crippen molar-refractivity contribution in [3.8, 4) is 0 Å². The Hall–Kier alpha value is -1.98. The van der Waals surface area contributed by atoms with Crippen LogP contribution in [0.5, 0.6) is 0 Å². The number of aromatic nitrogens is 2.